The molecule has 200 valence electrons. The van der Waals surface area contributed by atoms with Crippen molar-refractivity contribution in [1.29, 1.82) is 0 Å². The van der Waals surface area contributed by atoms with Crippen LogP contribution < -0.4 is 4.90 Å². The standard InChI is InChI=1S/C21H22F6N8OS/c1-11(2)16-30-10-34(32-16)9-14(36)35-5-4-33(8-12(35)3)17-15(31-19(37-17)21(25,26)27)13-6-28-18(29-7-13)20(22,23)24/h6-7,10-12H,4-5,8-9H2,1-3H3. The monoisotopic (exact) mass is 548 g/mol. The number of anilines is 1. The molecule has 0 bridgehead atoms. The maximum absolute atomic E-state index is 13.5. The van der Waals surface area contributed by atoms with Gasteiger partial charge in [0.25, 0.3) is 0 Å². The van der Waals surface area contributed by atoms with Gasteiger partial charge in [0, 0.05) is 49.6 Å². The molecule has 4 rings (SSSR count). The first-order valence-electron chi connectivity index (χ1n) is 11.2. The smallest absolute Gasteiger partial charge is 0.358 e. The number of alkyl halides is 6. The van der Waals surface area contributed by atoms with E-state index >= 15 is 0 Å². The molecule has 1 amide bonds. The summed E-state index contributed by atoms with van der Waals surface area (Å²) < 4.78 is 80.4. The maximum atomic E-state index is 13.5. The third-order valence-corrected chi connectivity index (χ3v) is 6.79. The number of nitrogens with zero attached hydrogens (tertiary/aromatic N) is 8. The molecular formula is C21H22F6N8OS. The molecule has 0 radical (unpaired) electrons. The first kappa shape index (κ1) is 26.8. The van der Waals surface area contributed by atoms with Crippen LogP contribution in [-0.2, 0) is 23.7 Å². The zero-order valence-electron chi connectivity index (χ0n) is 19.9. The van der Waals surface area contributed by atoms with Crippen molar-refractivity contribution in [2.75, 3.05) is 24.5 Å². The lowest BCUT2D eigenvalue weighted by Crippen LogP contribution is -2.54. The highest BCUT2D eigenvalue weighted by Gasteiger charge is 2.39. The van der Waals surface area contributed by atoms with Crippen molar-refractivity contribution in [3.8, 4) is 11.3 Å². The van der Waals surface area contributed by atoms with E-state index in [1.165, 1.54) is 11.0 Å². The minimum atomic E-state index is -4.79. The molecule has 1 fully saturated rings. The highest BCUT2D eigenvalue weighted by molar-refractivity contribution is 7.16. The van der Waals surface area contributed by atoms with Crippen molar-refractivity contribution >= 4 is 22.2 Å². The topological polar surface area (TPSA) is 92.9 Å². The van der Waals surface area contributed by atoms with Crippen molar-refractivity contribution in [2.45, 2.75) is 51.6 Å². The van der Waals surface area contributed by atoms with Crippen LogP contribution in [0.2, 0.25) is 0 Å². The Labute approximate surface area is 211 Å². The van der Waals surface area contributed by atoms with Gasteiger partial charge in [0.15, 0.2) is 5.82 Å². The summed E-state index contributed by atoms with van der Waals surface area (Å²) >= 11 is 0.383. The summed E-state index contributed by atoms with van der Waals surface area (Å²) in [5, 5.41) is 3.25. The second-order valence-electron chi connectivity index (χ2n) is 8.80. The lowest BCUT2D eigenvalue weighted by molar-refractivity contribution is -0.145. The van der Waals surface area contributed by atoms with Gasteiger partial charge in [-0.25, -0.2) is 24.6 Å². The molecule has 0 N–H and O–H groups in total. The quantitative estimate of drug-likeness (QED) is 0.444. The van der Waals surface area contributed by atoms with Crippen LogP contribution in [0.15, 0.2) is 18.7 Å². The van der Waals surface area contributed by atoms with Crippen LogP contribution in [0.1, 0.15) is 43.3 Å². The molecule has 0 aromatic carbocycles. The fraction of sp³-hybridized carbons (Fsp3) is 0.524. The van der Waals surface area contributed by atoms with Crippen LogP contribution in [0.3, 0.4) is 0 Å². The van der Waals surface area contributed by atoms with E-state index < -0.39 is 23.2 Å². The number of carbonyl (C=O) groups excluding carboxylic acids is 1. The fourth-order valence-corrected chi connectivity index (χ4v) is 4.82. The molecule has 4 heterocycles. The molecule has 1 aliphatic heterocycles. The number of rotatable bonds is 5. The minimum Gasteiger partial charge on any atom is -0.358 e. The molecule has 1 aliphatic rings. The van der Waals surface area contributed by atoms with E-state index in [4.69, 9.17) is 0 Å². The van der Waals surface area contributed by atoms with Gasteiger partial charge in [-0.1, -0.05) is 25.2 Å². The van der Waals surface area contributed by atoms with Crippen LogP contribution >= 0.6 is 11.3 Å². The van der Waals surface area contributed by atoms with Gasteiger partial charge in [0.05, 0.1) is 0 Å². The van der Waals surface area contributed by atoms with Crippen LogP contribution in [0.5, 0.6) is 0 Å². The number of hydrogen-bond acceptors (Lipinski definition) is 8. The lowest BCUT2D eigenvalue weighted by atomic mass is 10.1. The van der Waals surface area contributed by atoms with Crippen LogP contribution in [0.25, 0.3) is 11.3 Å². The summed E-state index contributed by atoms with van der Waals surface area (Å²) in [6, 6.07) is -0.373. The number of carbonyl (C=O) groups is 1. The third-order valence-electron chi connectivity index (χ3n) is 5.63. The Hall–Kier alpha value is -3.30. The van der Waals surface area contributed by atoms with Gasteiger partial charge < -0.3 is 9.80 Å². The van der Waals surface area contributed by atoms with Crippen molar-refractivity contribution in [3.05, 3.63) is 35.4 Å². The van der Waals surface area contributed by atoms with E-state index in [0.29, 0.717) is 17.2 Å². The Bertz CT molecular complexity index is 1250. The van der Waals surface area contributed by atoms with Gasteiger partial charge in [-0.2, -0.15) is 31.4 Å². The van der Waals surface area contributed by atoms with E-state index in [2.05, 4.69) is 25.0 Å². The van der Waals surface area contributed by atoms with Gasteiger partial charge in [0.1, 0.15) is 23.6 Å². The average molecular weight is 549 g/mol. The number of hydrogen-bond donors (Lipinski definition) is 0. The van der Waals surface area contributed by atoms with Crippen LogP contribution in [-0.4, -0.2) is 66.2 Å². The highest BCUT2D eigenvalue weighted by atomic mass is 32.1. The molecule has 3 aromatic rings. The number of amides is 1. The third kappa shape index (κ3) is 5.83. The van der Waals surface area contributed by atoms with Gasteiger partial charge in [0.2, 0.25) is 16.7 Å². The molecule has 1 saturated heterocycles. The maximum Gasteiger partial charge on any atom is 0.451 e. The number of thiazole rings is 1. The van der Waals surface area contributed by atoms with Crippen LogP contribution in [0.4, 0.5) is 31.3 Å². The molecule has 0 aliphatic carbocycles. The van der Waals surface area contributed by atoms with Crippen LogP contribution in [0, 0.1) is 0 Å². The average Bonchev–Trinajstić information content (AvgIpc) is 3.46. The van der Waals surface area contributed by atoms with Crippen molar-refractivity contribution in [2.24, 2.45) is 0 Å². The molecule has 9 nitrogen and oxygen atoms in total. The molecule has 0 saturated carbocycles. The van der Waals surface area contributed by atoms with E-state index in [1.807, 2.05) is 13.8 Å². The molecule has 16 heteroatoms. The number of piperazine rings is 1. The summed E-state index contributed by atoms with van der Waals surface area (Å²) in [5.74, 6) is -0.915. The zero-order chi connectivity index (χ0) is 27.1. The zero-order valence-corrected chi connectivity index (χ0v) is 20.7. The Kier molecular flexibility index (Phi) is 7.14. The Morgan fingerprint density at radius 3 is 2.30 bits per heavy atom. The van der Waals surface area contributed by atoms with Crippen molar-refractivity contribution in [3.63, 3.8) is 0 Å². The first-order valence-corrected chi connectivity index (χ1v) is 12.0. The second kappa shape index (κ2) is 9.87. The van der Waals surface area contributed by atoms with E-state index in [0.717, 1.165) is 12.4 Å². The molecule has 1 atom stereocenters. The first-order chi connectivity index (χ1) is 17.2. The molecule has 3 aromatic heterocycles. The van der Waals surface area contributed by atoms with E-state index in [-0.39, 0.29) is 60.3 Å². The van der Waals surface area contributed by atoms with Gasteiger partial charge >= 0.3 is 12.4 Å². The Morgan fingerprint density at radius 1 is 1.08 bits per heavy atom. The fourth-order valence-electron chi connectivity index (χ4n) is 3.82. The molecule has 37 heavy (non-hydrogen) atoms. The van der Waals surface area contributed by atoms with Gasteiger partial charge in [-0.15, -0.1) is 0 Å². The summed E-state index contributed by atoms with van der Waals surface area (Å²) in [4.78, 5) is 30.5. The summed E-state index contributed by atoms with van der Waals surface area (Å²) in [6.45, 7) is 6.18. The Balaban J connectivity index is 1.54. The second-order valence-corrected chi connectivity index (χ2v) is 9.78. The summed E-state index contributed by atoms with van der Waals surface area (Å²) in [7, 11) is 0. The predicted octanol–water partition coefficient (Wildman–Crippen LogP) is 4.09. The highest BCUT2D eigenvalue weighted by Crippen LogP contribution is 2.43. The Morgan fingerprint density at radius 2 is 1.76 bits per heavy atom. The normalized spacial score (nSPS) is 17.1. The summed E-state index contributed by atoms with van der Waals surface area (Å²) in [6.07, 6.45) is -6.45. The predicted molar refractivity (Wildman–Crippen MR) is 121 cm³/mol. The minimum absolute atomic E-state index is 0.0308. The van der Waals surface area contributed by atoms with E-state index in [9.17, 15) is 31.1 Å². The molecule has 0 spiro atoms. The SMILES string of the molecule is CC(C)c1ncn(CC(=O)N2CCN(c3sc(C(F)(F)F)nc3-c3cnc(C(F)(F)F)nc3)CC2C)n1. The van der Waals surface area contributed by atoms with Crippen molar-refractivity contribution in [1.82, 2.24) is 34.6 Å². The molecule has 1 unspecified atom stereocenters. The largest absolute Gasteiger partial charge is 0.451 e. The summed E-state index contributed by atoms with van der Waals surface area (Å²) in [5.41, 5.74) is -0.241. The van der Waals surface area contributed by atoms with Gasteiger partial charge in [-0.05, 0) is 6.92 Å². The number of aromatic nitrogens is 6. The number of halogens is 6. The lowest BCUT2D eigenvalue weighted by Gasteiger charge is -2.40. The van der Waals surface area contributed by atoms with Gasteiger partial charge in [-0.3, -0.25) is 4.79 Å². The van der Waals surface area contributed by atoms with Crippen molar-refractivity contribution < 1.29 is 31.1 Å². The van der Waals surface area contributed by atoms with E-state index in [1.54, 1.807) is 16.7 Å². The molecular weight excluding hydrogens is 526 g/mol.